The van der Waals surface area contributed by atoms with Crippen LogP contribution in [0, 0.1) is 11.3 Å². The third-order valence-corrected chi connectivity index (χ3v) is 5.78. The number of hydrogen-bond donors (Lipinski definition) is 1. The summed E-state index contributed by atoms with van der Waals surface area (Å²) in [6.07, 6.45) is 3.95. The van der Waals surface area contributed by atoms with Crippen LogP contribution in [-0.4, -0.2) is 44.6 Å². The molecule has 1 saturated heterocycles. The zero-order chi connectivity index (χ0) is 14.1. The van der Waals surface area contributed by atoms with Crippen LogP contribution in [0.5, 0.6) is 0 Å². The Kier molecular flexibility index (Phi) is 4.20. The third-order valence-electron chi connectivity index (χ3n) is 4.12. The van der Waals surface area contributed by atoms with Crippen LogP contribution in [0.3, 0.4) is 0 Å². The van der Waals surface area contributed by atoms with Crippen LogP contribution in [0.4, 0.5) is 0 Å². The molecule has 0 aromatic heterocycles. The molecule has 110 valence electrons. The molecule has 1 aliphatic heterocycles. The van der Waals surface area contributed by atoms with E-state index in [2.05, 4.69) is 11.6 Å². The molecule has 0 atom stereocenters. The lowest BCUT2D eigenvalue weighted by Crippen LogP contribution is -2.45. The number of likely N-dealkylation sites (tertiary alicyclic amines) is 1. The average molecular weight is 288 g/mol. The summed E-state index contributed by atoms with van der Waals surface area (Å²) >= 11 is 0. The Bertz CT molecular complexity index is 435. The van der Waals surface area contributed by atoms with Gasteiger partial charge in [0.25, 0.3) is 0 Å². The molecule has 1 aliphatic carbocycles. The van der Waals surface area contributed by atoms with Crippen molar-refractivity contribution in [1.29, 1.82) is 0 Å². The van der Waals surface area contributed by atoms with E-state index in [0.29, 0.717) is 5.92 Å². The normalized spacial score (nSPS) is 31.3. The molecular weight excluding hydrogens is 264 g/mol. The number of hydrogen-bond acceptors (Lipinski definition) is 3. The second-order valence-electron chi connectivity index (χ2n) is 6.49. The van der Waals surface area contributed by atoms with Crippen molar-refractivity contribution in [3.63, 3.8) is 0 Å². The Balaban J connectivity index is 1.79. The van der Waals surface area contributed by atoms with Crippen molar-refractivity contribution in [1.82, 2.24) is 9.62 Å². The van der Waals surface area contributed by atoms with Crippen molar-refractivity contribution in [2.45, 2.75) is 39.5 Å². The predicted octanol–water partition coefficient (Wildman–Crippen LogP) is 0.964. The van der Waals surface area contributed by atoms with Crippen LogP contribution in [0.1, 0.15) is 39.5 Å². The van der Waals surface area contributed by atoms with Gasteiger partial charge in [0.1, 0.15) is 0 Å². The first kappa shape index (κ1) is 14.8. The van der Waals surface area contributed by atoms with Crippen LogP contribution >= 0.6 is 0 Å². The van der Waals surface area contributed by atoms with Gasteiger partial charge in [-0.15, -0.1) is 0 Å². The summed E-state index contributed by atoms with van der Waals surface area (Å²) in [6.45, 7) is 5.58. The number of carbonyl (C=O) groups excluding carboxylic acids is 1. The first-order valence-electron chi connectivity index (χ1n) is 7.05. The van der Waals surface area contributed by atoms with Gasteiger partial charge in [0, 0.05) is 13.1 Å². The van der Waals surface area contributed by atoms with Gasteiger partial charge in [0.15, 0.2) is 0 Å². The Morgan fingerprint density at radius 3 is 2.42 bits per heavy atom. The first-order chi connectivity index (χ1) is 8.80. The SMILES string of the molecule is CC1CC(C)(CS(=O)(=O)NCC(=O)N2CCCC2)C1. The van der Waals surface area contributed by atoms with Gasteiger partial charge in [-0.2, -0.15) is 0 Å². The standard InChI is InChI=1S/C13H24N2O3S/c1-11-7-13(2,8-11)10-19(17,18)14-9-12(16)15-5-3-4-6-15/h11,14H,3-10H2,1-2H3. The number of carbonyl (C=O) groups is 1. The monoisotopic (exact) mass is 288 g/mol. The number of amides is 1. The molecule has 0 radical (unpaired) electrons. The second kappa shape index (κ2) is 5.40. The Hall–Kier alpha value is -0.620. The summed E-state index contributed by atoms with van der Waals surface area (Å²) in [5.41, 5.74) is -0.109. The minimum Gasteiger partial charge on any atom is -0.342 e. The fraction of sp³-hybridized carbons (Fsp3) is 0.923. The average Bonchev–Trinajstić information content (AvgIpc) is 2.76. The van der Waals surface area contributed by atoms with Gasteiger partial charge in [0.05, 0.1) is 12.3 Å². The van der Waals surface area contributed by atoms with Gasteiger partial charge in [-0.1, -0.05) is 13.8 Å². The van der Waals surface area contributed by atoms with Crippen molar-refractivity contribution in [2.24, 2.45) is 11.3 Å². The molecule has 1 saturated carbocycles. The van der Waals surface area contributed by atoms with Crippen LogP contribution in [0.25, 0.3) is 0 Å². The van der Waals surface area contributed by atoms with Crippen LogP contribution in [-0.2, 0) is 14.8 Å². The lowest BCUT2D eigenvalue weighted by Gasteiger charge is -2.43. The van der Waals surface area contributed by atoms with Gasteiger partial charge in [-0.05, 0) is 37.0 Å². The topological polar surface area (TPSA) is 66.5 Å². The zero-order valence-corrected chi connectivity index (χ0v) is 12.6. The molecule has 0 aromatic carbocycles. The molecule has 0 bridgehead atoms. The van der Waals surface area contributed by atoms with E-state index in [4.69, 9.17) is 0 Å². The molecule has 0 unspecified atom stereocenters. The maximum atomic E-state index is 12.0. The predicted molar refractivity (Wildman–Crippen MR) is 74.1 cm³/mol. The van der Waals surface area contributed by atoms with Crippen molar-refractivity contribution in [2.75, 3.05) is 25.4 Å². The first-order valence-corrected chi connectivity index (χ1v) is 8.70. The fourth-order valence-electron chi connectivity index (χ4n) is 3.50. The molecule has 2 aliphatic rings. The Labute approximate surface area is 115 Å². The number of nitrogens with one attached hydrogen (secondary N) is 1. The number of nitrogens with zero attached hydrogens (tertiary/aromatic N) is 1. The van der Waals surface area contributed by atoms with E-state index in [1.165, 1.54) is 0 Å². The van der Waals surface area contributed by atoms with Gasteiger partial charge >= 0.3 is 0 Å². The minimum absolute atomic E-state index is 0.0893. The summed E-state index contributed by atoms with van der Waals surface area (Å²) in [4.78, 5) is 13.5. The van der Waals surface area contributed by atoms with Gasteiger partial charge in [-0.3, -0.25) is 4.79 Å². The van der Waals surface area contributed by atoms with Crippen LogP contribution < -0.4 is 4.72 Å². The van der Waals surface area contributed by atoms with Crippen molar-refractivity contribution in [3.05, 3.63) is 0 Å². The molecule has 0 spiro atoms. The number of sulfonamides is 1. The fourth-order valence-corrected chi connectivity index (χ4v) is 5.10. The maximum Gasteiger partial charge on any atom is 0.237 e. The Morgan fingerprint density at radius 2 is 1.89 bits per heavy atom. The highest BCUT2D eigenvalue weighted by Gasteiger charge is 2.41. The van der Waals surface area contributed by atoms with Crippen LogP contribution in [0.15, 0.2) is 0 Å². The molecule has 2 rings (SSSR count). The zero-order valence-electron chi connectivity index (χ0n) is 11.8. The molecule has 1 heterocycles. The van der Waals surface area contributed by atoms with Crippen LogP contribution in [0.2, 0.25) is 0 Å². The van der Waals surface area contributed by atoms with E-state index in [1.54, 1.807) is 4.90 Å². The number of rotatable bonds is 5. The second-order valence-corrected chi connectivity index (χ2v) is 8.30. The maximum absolute atomic E-state index is 12.0. The molecule has 6 heteroatoms. The molecular formula is C13H24N2O3S. The summed E-state index contributed by atoms with van der Waals surface area (Å²) in [5, 5.41) is 0. The van der Waals surface area contributed by atoms with Gasteiger partial charge in [0.2, 0.25) is 15.9 Å². The van der Waals surface area contributed by atoms with Gasteiger partial charge in [-0.25, -0.2) is 13.1 Å². The smallest absolute Gasteiger partial charge is 0.237 e. The van der Waals surface area contributed by atoms with E-state index in [1.807, 2.05) is 6.92 Å². The van der Waals surface area contributed by atoms with Gasteiger partial charge < -0.3 is 4.90 Å². The van der Waals surface area contributed by atoms with E-state index in [-0.39, 0.29) is 23.6 Å². The minimum atomic E-state index is -3.35. The highest BCUT2D eigenvalue weighted by atomic mass is 32.2. The van der Waals surface area contributed by atoms with Crippen molar-refractivity contribution < 1.29 is 13.2 Å². The van der Waals surface area contributed by atoms with E-state index >= 15 is 0 Å². The molecule has 19 heavy (non-hydrogen) atoms. The summed E-state index contributed by atoms with van der Waals surface area (Å²) in [6, 6.07) is 0. The summed E-state index contributed by atoms with van der Waals surface area (Å²) in [5.74, 6) is 0.650. The molecule has 5 nitrogen and oxygen atoms in total. The van der Waals surface area contributed by atoms with E-state index < -0.39 is 10.0 Å². The Morgan fingerprint density at radius 1 is 1.32 bits per heavy atom. The van der Waals surface area contributed by atoms with Crippen molar-refractivity contribution in [3.8, 4) is 0 Å². The molecule has 1 N–H and O–H groups in total. The summed E-state index contributed by atoms with van der Waals surface area (Å²) in [7, 11) is -3.35. The quantitative estimate of drug-likeness (QED) is 0.819. The van der Waals surface area contributed by atoms with Crippen molar-refractivity contribution >= 4 is 15.9 Å². The highest BCUT2D eigenvalue weighted by Crippen LogP contribution is 2.45. The highest BCUT2D eigenvalue weighted by molar-refractivity contribution is 7.89. The lowest BCUT2D eigenvalue weighted by atomic mass is 9.65. The lowest BCUT2D eigenvalue weighted by molar-refractivity contribution is -0.128. The third kappa shape index (κ3) is 3.92. The van der Waals surface area contributed by atoms with E-state index in [9.17, 15) is 13.2 Å². The largest absolute Gasteiger partial charge is 0.342 e. The molecule has 0 aromatic rings. The molecule has 1 amide bonds. The van der Waals surface area contributed by atoms with E-state index in [0.717, 1.165) is 38.8 Å². The molecule has 2 fully saturated rings. The summed E-state index contributed by atoms with van der Waals surface area (Å²) < 4.78 is 26.4.